The van der Waals surface area contributed by atoms with Crippen LogP contribution in [0.25, 0.3) is 11.1 Å². The summed E-state index contributed by atoms with van der Waals surface area (Å²) < 4.78 is 43.7. The van der Waals surface area contributed by atoms with E-state index in [1.165, 1.54) is 12.1 Å². The molecule has 0 aliphatic rings. The molecule has 1 heterocycles. The topological polar surface area (TPSA) is 94.3 Å². The number of alkyl halides is 3. The Morgan fingerprint density at radius 3 is 2.23 bits per heavy atom. The van der Waals surface area contributed by atoms with Crippen LogP contribution in [0, 0.1) is 0 Å². The van der Waals surface area contributed by atoms with Crippen molar-refractivity contribution in [1.29, 1.82) is 0 Å². The molecule has 0 saturated carbocycles. The zero-order valence-corrected chi connectivity index (χ0v) is 20.8. The van der Waals surface area contributed by atoms with Crippen LogP contribution < -0.4 is 11.1 Å². The standard InChI is InChI=1S/C30H26F3N3O3/c31-30(32,33)21-14-12-20(13-15-21)19-39-29(38)27(34)25-10-3-1-8-23(25)24-9-2-4-11-26(24)28(37)36-18-16-22-7-5-6-17-35-22/h1-15,17,27H,16,18-19,34H2,(H,36,37). The molecule has 1 aromatic heterocycles. The third kappa shape index (κ3) is 7.08. The molecule has 0 spiro atoms. The minimum Gasteiger partial charge on any atom is -0.459 e. The fraction of sp³-hybridized carbons (Fsp3) is 0.167. The van der Waals surface area contributed by atoms with Gasteiger partial charge in [-0.2, -0.15) is 13.2 Å². The molecule has 1 atom stereocenters. The first-order valence-corrected chi connectivity index (χ1v) is 12.2. The van der Waals surface area contributed by atoms with Crippen molar-refractivity contribution in [3.63, 3.8) is 0 Å². The fourth-order valence-corrected chi connectivity index (χ4v) is 4.04. The van der Waals surface area contributed by atoms with E-state index < -0.39 is 23.8 Å². The number of carbonyl (C=O) groups is 2. The molecule has 0 bridgehead atoms. The number of ether oxygens (including phenoxy) is 1. The van der Waals surface area contributed by atoms with Gasteiger partial charge in [-0.3, -0.25) is 9.78 Å². The molecule has 1 unspecified atom stereocenters. The van der Waals surface area contributed by atoms with Crippen LogP contribution in [0.15, 0.2) is 97.2 Å². The molecule has 4 rings (SSSR count). The molecule has 6 nitrogen and oxygen atoms in total. The van der Waals surface area contributed by atoms with Crippen LogP contribution in [-0.4, -0.2) is 23.4 Å². The van der Waals surface area contributed by atoms with Crippen molar-refractivity contribution in [3.8, 4) is 11.1 Å². The van der Waals surface area contributed by atoms with Crippen LogP contribution in [-0.2, 0) is 28.7 Å². The summed E-state index contributed by atoms with van der Waals surface area (Å²) in [6.45, 7) is 0.156. The number of hydrogen-bond acceptors (Lipinski definition) is 5. The van der Waals surface area contributed by atoms with E-state index in [9.17, 15) is 22.8 Å². The van der Waals surface area contributed by atoms with E-state index in [-0.39, 0.29) is 12.5 Å². The Balaban J connectivity index is 1.47. The number of nitrogens with zero attached hydrogens (tertiary/aromatic N) is 1. The molecule has 0 fully saturated rings. The lowest BCUT2D eigenvalue weighted by molar-refractivity contribution is -0.146. The van der Waals surface area contributed by atoms with Gasteiger partial charge in [0.05, 0.1) is 5.56 Å². The van der Waals surface area contributed by atoms with Gasteiger partial charge >= 0.3 is 12.1 Å². The molecule has 1 amide bonds. The zero-order valence-electron chi connectivity index (χ0n) is 20.8. The number of pyridine rings is 1. The van der Waals surface area contributed by atoms with Crippen molar-refractivity contribution >= 4 is 11.9 Å². The van der Waals surface area contributed by atoms with Gasteiger partial charge in [0.15, 0.2) is 0 Å². The minimum absolute atomic E-state index is 0.234. The van der Waals surface area contributed by atoms with Crippen molar-refractivity contribution in [1.82, 2.24) is 10.3 Å². The van der Waals surface area contributed by atoms with Crippen LogP contribution in [0.5, 0.6) is 0 Å². The van der Waals surface area contributed by atoms with E-state index in [1.807, 2.05) is 18.2 Å². The molecule has 200 valence electrons. The maximum atomic E-state index is 13.1. The molecule has 0 aliphatic heterocycles. The monoisotopic (exact) mass is 533 g/mol. The maximum absolute atomic E-state index is 13.1. The Kier molecular flexibility index (Phi) is 8.73. The summed E-state index contributed by atoms with van der Waals surface area (Å²) in [6, 6.07) is 22.7. The van der Waals surface area contributed by atoms with Gasteiger partial charge in [0.2, 0.25) is 0 Å². The lowest BCUT2D eigenvalue weighted by Crippen LogP contribution is -2.27. The molecule has 9 heteroatoms. The number of amides is 1. The normalized spacial score (nSPS) is 12.0. The van der Waals surface area contributed by atoms with Gasteiger partial charge in [-0.25, -0.2) is 4.79 Å². The first kappa shape index (κ1) is 27.5. The van der Waals surface area contributed by atoms with Gasteiger partial charge in [-0.15, -0.1) is 0 Å². The summed E-state index contributed by atoms with van der Waals surface area (Å²) in [4.78, 5) is 30.1. The largest absolute Gasteiger partial charge is 0.459 e. The Labute approximate surface area is 223 Å². The molecule has 0 aliphatic carbocycles. The van der Waals surface area contributed by atoms with E-state index in [4.69, 9.17) is 10.5 Å². The number of nitrogens with one attached hydrogen (secondary N) is 1. The quantitative estimate of drug-likeness (QED) is 0.278. The number of rotatable bonds is 9. The van der Waals surface area contributed by atoms with Crippen LogP contribution in [0.3, 0.4) is 0 Å². The van der Waals surface area contributed by atoms with Crippen molar-refractivity contribution in [2.75, 3.05) is 6.54 Å². The highest BCUT2D eigenvalue weighted by Crippen LogP contribution is 2.31. The lowest BCUT2D eigenvalue weighted by Gasteiger charge is -2.18. The summed E-state index contributed by atoms with van der Waals surface area (Å²) in [6.07, 6.45) is -2.18. The van der Waals surface area contributed by atoms with Crippen LogP contribution >= 0.6 is 0 Å². The smallest absolute Gasteiger partial charge is 0.416 e. The predicted octanol–water partition coefficient (Wildman–Crippen LogP) is 5.48. The van der Waals surface area contributed by atoms with Crippen molar-refractivity contribution in [2.24, 2.45) is 5.73 Å². The molecule has 3 aromatic carbocycles. The number of nitrogens with two attached hydrogens (primary N) is 1. The van der Waals surface area contributed by atoms with Gasteiger partial charge in [0.25, 0.3) is 5.91 Å². The van der Waals surface area contributed by atoms with Gasteiger partial charge in [0, 0.05) is 30.4 Å². The first-order chi connectivity index (χ1) is 18.7. The zero-order chi connectivity index (χ0) is 27.8. The van der Waals surface area contributed by atoms with E-state index >= 15 is 0 Å². The highest BCUT2D eigenvalue weighted by molar-refractivity contribution is 6.01. The van der Waals surface area contributed by atoms with E-state index in [0.717, 1.165) is 17.8 Å². The average Bonchev–Trinajstić information content (AvgIpc) is 2.95. The van der Waals surface area contributed by atoms with E-state index in [2.05, 4.69) is 10.3 Å². The highest BCUT2D eigenvalue weighted by Gasteiger charge is 2.30. The molecule has 4 aromatic rings. The molecule has 0 saturated heterocycles. The molecule has 39 heavy (non-hydrogen) atoms. The third-order valence-electron chi connectivity index (χ3n) is 6.07. The second-order valence-corrected chi connectivity index (χ2v) is 8.74. The summed E-state index contributed by atoms with van der Waals surface area (Å²) in [7, 11) is 0. The lowest BCUT2D eigenvalue weighted by atomic mass is 9.92. The van der Waals surface area contributed by atoms with Gasteiger partial charge < -0.3 is 15.8 Å². The Hall–Kier alpha value is -4.50. The predicted molar refractivity (Wildman–Crippen MR) is 140 cm³/mol. The van der Waals surface area contributed by atoms with E-state index in [0.29, 0.717) is 40.8 Å². The van der Waals surface area contributed by atoms with Crippen LogP contribution in [0.4, 0.5) is 13.2 Å². The second-order valence-electron chi connectivity index (χ2n) is 8.74. The molecule has 3 N–H and O–H groups in total. The number of esters is 1. The van der Waals surface area contributed by atoms with Crippen molar-refractivity contribution in [2.45, 2.75) is 25.2 Å². The van der Waals surface area contributed by atoms with Gasteiger partial charge in [-0.05, 0) is 52.6 Å². The molecule has 0 radical (unpaired) electrons. The van der Waals surface area contributed by atoms with Crippen LogP contribution in [0.2, 0.25) is 0 Å². The minimum atomic E-state index is -4.45. The maximum Gasteiger partial charge on any atom is 0.416 e. The first-order valence-electron chi connectivity index (χ1n) is 12.2. The number of aromatic nitrogens is 1. The fourth-order valence-electron chi connectivity index (χ4n) is 4.04. The Bertz CT molecular complexity index is 1420. The number of carbonyl (C=O) groups excluding carboxylic acids is 2. The number of hydrogen-bond donors (Lipinski definition) is 2. The molecular formula is C30H26F3N3O3. The molecular weight excluding hydrogens is 507 g/mol. The summed E-state index contributed by atoms with van der Waals surface area (Å²) in [5.74, 6) is -1.03. The summed E-state index contributed by atoms with van der Waals surface area (Å²) >= 11 is 0. The second kappa shape index (κ2) is 12.4. The van der Waals surface area contributed by atoms with Gasteiger partial charge in [-0.1, -0.05) is 60.7 Å². The Morgan fingerprint density at radius 2 is 1.54 bits per heavy atom. The average molecular weight is 534 g/mol. The summed E-state index contributed by atoms with van der Waals surface area (Å²) in [5, 5.41) is 2.91. The third-order valence-corrected chi connectivity index (χ3v) is 6.07. The summed E-state index contributed by atoms with van der Waals surface area (Å²) in [5.41, 5.74) is 8.77. The van der Waals surface area contributed by atoms with Crippen LogP contribution in [0.1, 0.15) is 38.8 Å². The van der Waals surface area contributed by atoms with E-state index in [1.54, 1.807) is 54.7 Å². The Morgan fingerprint density at radius 1 is 0.872 bits per heavy atom. The van der Waals surface area contributed by atoms with Crippen molar-refractivity contribution in [3.05, 3.63) is 125 Å². The van der Waals surface area contributed by atoms with Gasteiger partial charge in [0.1, 0.15) is 12.6 Å². The number of benzene rings is 3. The van der Waals surface area contributed by atoms with Crippen molar-refractivity contribution < 1.29 is 27.5 Å². The highest BCUT2D eigenvalue weighted by atomic mass is 19.4. The SMILES string of the molecule is NC(C(=O)OCc1ccc(C(F)(F)F)cc1)c1ccccc1-c1ccccc1C(=O)NCCc1ccccn1. The number of halogens is 3.